The summed E-state index contributed by atoms with van der Waals surface area (Å²) in [5, 5.41) is 15.4. The molecule has 88 valence electrons. The molecule has 1 heterocycles. The maximum atomic E-state index is 12.0. The first-order valence-corrected chi connectivity index (χ1v) is 4.87. The van der Waals surface area contributed by atoms with Gasteiger partial charge < -0.3 is 10.0 Å². The van der Waals surface area contributed by atoms with Gasteiger partial charge in [0.05, 0.1) is 11.3 Å². The summed E-state index contributed by atoms with van der Waals surface area (Å²) in [5.41, 5.74) is 1.66. The normalized spacial score (nSPS) is 12.2. The third-order valence-electron chi connectivity index (χ3n) is 2.60. The summed E-state index contributed by atoms with van der Waals surface area (Å²) in [5.74, 6) is -1.37. The molecule has 0 bridgehead atoms. The predicted molar refractivity (Wildman–Crippen MR) is 57.3 cm³/mol. The number of carbonyl (C=O) groups is 2. The second kappa shape index (κ2) is 4.34. The molecule has 1 atom stereocenters. The van der Waals surface area contributed by atoms with Crippen LogP contribution in [0.4, 0.5) is 0 Å². The van der Waals surface area contributed by atoms with Crippen molar-refractivity contribution in [2.24, 2.45) is 0 Å². The Morgan fingerprint density at radius 1 is 1.44 bits per heavy atom. The van der Waals surface area contributed by atoms with E-state index in [1.807, 2.05) is 0 Å². The molecule has 0 saturated carbocycles. The zero-order chi connectivity index (χ0) is 12.5. The van der Waals surface area contributed by atoms with Crippen LogP contribution in [-0.2, 0) is 4.79 Å². The topological polar surface area (TPSA) is 86.3 Å². The van der Waals surface area contributed by atoms with Gasteiger partial charge in [0.15, 0.2) is 0 Å². The summed E-state index contributed by atoms with van der Waals surface area (Å²) in [6.45, 7) is 4.90. The van der Waals surface area contributed by atoms with Crippen LogP contribution in [0.5, 0.6) is 0 Å². The summed E-state index contributed by atoms with van der Waals surface area (Å²) >= 11 is 0. The van der Waals surface area contributed by atoms with Crippen LogP contribution in [0, 0.1) is 13.8 Å². The third-order valence-corrected chi connectivity index (χ3v) is 2.60. The van der Waals surface area contributed by atoms with Crippen molar-refractivity contribution in [1.29, 1.82) is 0 Å². The molecule has 0 saturated heterocycles. The zero-order valence-corrected chi connectivity index (χ0v) is 9.74. The minimum Gasteiger partial charge on any atom is -0.480 e. The Hall–Kier alpha value is -1.85. The Balaban J connectivity index is 2.99. The molecular weight excluding hydrogens is 210 g/mol. The van der Waals surface area contributed by atoms with Crippen LogP contribution in [-0.4, -0.2) is 45.2 Å². The molecular formula is C10H15N3O3. The fourth-order valence-electron chi connectivity index (χ4n) is 1.38. The standard InChI is InChI=1S/C10H15N3O3/c1-5-8(6(2)12-11-5)9(14)13(4)7(3)10(15)16/h7H,1-4H3,(H,11,12)(H,15,16). The molecule has 0 aliphatic heterocycles. The van der Waals surface area contributed by atoms with E-state index in [-0.39, 0.29) is 5.91 Å². The second-order valence-corrected chi connectivity index (χ2v) is 3.74. The largest absolute Gasteiger partial charge is 0.480 e. The lowest BCUT2D eigenvalue weighted by atomic mass is 10.1. The molecule has 0 aromatic carbocycles. The number of aliphatic carboxylic acids is 1. The molecule has 0 fully saturated rings. The van der Waals surface area contributed by atoms with Gasteiger partial charge in [0.2, 0.25) is 0 Å². The van der Waals surface area contributed by atoms with E-state index in [9.17, 15) is 9.59 Å². The maximum absolute atomic E-state index is 12.0. The van der Waals surface area contributed by atoms with Gasteiger partial charge in [0.25, 0.3) is 5.91 Å². The van der Waals surface area contributed by atoms with Gasteiger partial charge in [-0.3, -0.25) is 9.89 Å². The number of aromatic nitrogens is 2. The van der Waals surface area contributed by atoms with Crippen LogP contribution in [0.2, 0.25) is 0 Å². The number of H-pyrrole nitrogens is 1. The van der Waals surface area contributed by atoms with Crippen molar-refractivity contribution >= 4 is 11.9 Å². The van der Waals surface area contributed by atoms with Crippen LogP contribution in [0.1, 0.15) is 28.7 Å². The highest BCUT2D eigenvalue weighted by Gasteiger charge is 2.26. The van der Waals surface area contributed by atoms with Crippen LogP contribution in [0.15, 0.2) is 0 Å². The first kappa shape index (κ1) is 12.2. The van der Waals surface area contributed by atoms with Crippen LogP contribution in [0.3, 0.4) is 0 Å². The number of aromatic amines is 1. The van der Waals surface area contributed by atoms with Gasteiger partial charge >= 0.3 is 5.97 Å². The predicted octanol–water partition coefficient (Wildman–Crippen LogP) is 0.572. The van der Waals surface area contributed by atoms with E-state index in [1.165, 1.54) is 18.9 Å². The van der Waals surface area contributed by atoms with E-state index in [2.05, 4.69) is 10.2 Å². The van der Waals surface area contributed by atoms with Gasteiger partial charge in [0, 0.05) is 12.7 Å². The van der Waals surface area contributed by atoms with E-state index in [1.54, 1.807) is 13.8 Å². The Bertz CT molecular complexity index is 405. The van der Waals surface area contributed by atoms with Crippen molar-refractivity contribution in [2.45, 2.75) is 26.8 Å². The van der Waals surface area contributed by atoms with Gasteiger partial charge in [-0.15, -0.1) is 0 Å². The molecule has 1 unspecified atom stereocenters. The number of nitrogens with one attached hydrogen (secondary N) is 1. The number of rotatable bonds is 3. The SMILES string of the molecule is Cc1n[nH]c(C)c1C(=O)N(C)C(C)C(=O)O. The zero-order valence-electron chi connectivity index (χ0n) is 9.74. The fraction of sp³-hybridized carbons (Fsp3) is 0.500. The molecule has 0 radical (unpaired) electrons. The van der Waals surface area contributed by atoms with Crippen molar-refractivity contribution in [2.75, 3.05) is 7.05 Å². The average Bonchev–Trinajstić information content (AvgIpc) is 2.55. The molecule has 1 aromatic rings. The highest BCUT2D eigenvalue weighted by atomic mass is 16.4. The quantitative estimate of drug-likeness (QED) is 0.787. The first-order valence-electron chi connectivity index (χ1n) is 4.87. The molecule has 6 nitrogen and oxygen atoms in total. The molecule has 2 N–H and O–H groups in total. The number of amides is 1. The van der Waals surface area contributed by atoms with Crippen LogP contribution in [0.25, 0.3) is 0 Å². The molecule has 0 aliphatic rings. The summed E-state index contributed by atoms with van der Waals surface area (Å²) in [4.78, 5) is 24.0. The molecule has 1 amide bonds. The lowest BCUT2D eigenvalue weighted by Gasteiger charge is -2.21. The summed E-state index contributed by atoms with van der Waals surface area (Å²) < 4.78 is 0. The van der Waals surface area contributed by atoms with E-state index < -0.39 is 12.0 Å². The van der Waals surface area contributed by atoms with Crippen LogP contribution < -0.4 is 0 Å². The molecule has 16 heavy (non-hydrogen) atoms. The van der Waals surface area contributed by atoms with Crippen molar-refractivity contribution in [3.8, 4) is 0 Å². The Kier molecular flexibility index (Phi) is 3.31. The molecule has 1 aromatic heterocycles. The summed E-state index contributed by atoms with van der Waals surface area (Å²) in [7, 11) is 1.47. The van der Waals surface area contributed by atoms with Crippen molar-refractivity contribution in [3.05, 3.63) is 17.0 Å². The number of carbonyl (C=O) groups excluding carboxylic acids is 1. The monoisotopic (exact) mass is 225 g/mol. The number of carboxylic acids is 1. The maximum Gasteiger partial charge on any atom is 0.326 e. The van der Waals surface area contributed by atoms with Gasteiger partial charge in [-0.2, -0.15) is 5.10 Å². The van der Waals surface area contributed by atoms with Gasteiger partial charge in [-0.1, -0.05) is 0 Å². The van der Waals surface area contributed by atoms with E-state index in [0.717, 1.165) is 0 Å². The Morgan fingerprint density at radius 3 is 2.38 bits per heavy atom. The van der Waals surface area contributed by atoms with E-state index in [0.29, 0.717) is 17.0 Å². The summed E-state index contributed by atoms with van der Waals surface area (Å²) in [6, 6.07) is -0.860. The van der Waals surface area contributed by atoms with E-state index >= 15 is 0 Å². The minimum atomic E-state index is -1.03. The second-order valence-electron chi connectivity index (χ2n) is 3.74. The molecule has 1 rings (SSSR count). The van der Waals surface area contributed by atoms with Gasteiger partial charge in [0.1, 0.15) is 6.04 Å². The van der Waals surface area contributed by atoms with Gasteiger partial charge in [-0.25, -0.2) is 4.79 Å². The Labute approximate surface area is 93.3 Å². The van der Waals surface area contributed by atoms with Gasteiger partial charge in [-0.05, 0) is 20.8 Å². The van der Waals surface area contributed by atoms with Crippen molar-refractivity contribution < 1.29 is 14.7 Å². The number of hydrogen-bond acceptors (Lipinski definition) is 3. The number of aryl methyl sites for hydroxylation is 2. The molecule has 6 heteroatoms. The smallest absolute Gasteiger partial charge is 0.326 e. The van der Waals surface area contributed by atoms with Crippen molar-refractivity contribution in [3.63, 3.8) is 0 Å². The highest BCUT2D eigenvalue weighted by molar-refractivity contribution is 5.98. The number of likely N-dealkylation sites (N-methyl/N-ethyl adjacent to an activating group) is 1. The average molecular weight is 225 g/mol. The highest BCUT2D eigenvalue weighted by Crippen LogP contribution is 2.13. The fourth-order valence-corrected chi connectivity index (χ4v) is 1.38. The molecule has 0 aliphatic carbocycles. The van der Waals surface area contributed by atoms with Crippen LogP contribution >= 0.6 is 0 Å². The number of hydrogen-bond donors (Lipinski definition) is 2. The number of nitrogens with zero attached hydrogens (tertiary/aromatic N) is 2. The third kappa shape index (κ3) is 2.05. The number of carboxylic acid groups (broad SMARTS) is 1. The minimum absolute atomic E-state index is 0.335. The first-order chi connectivity index (χ1) is 7.36. The summed E-state index contributed by atoms with van der Waals surface area (Å²) in [6.07, 6.45) is 0. The lowest BCUT2D eigenvalue weighted by Crippen LogP contribution is -2.40. The molecule has 0 spiro atoms. The Morgan fingerprint density at radius 2 is 2.00 bits per heavy atom. The van der Waals surface area contributed by atoms with Crippen molar-refractivity contribution in [1.82, 2.24) is 15.1 Å². The van der Waals surface area contributed by atoms with E-state index in [4.69, 9.17) is 5.11 Å². The lowest BCUT2D eigenvalue weighted by molar-refractivity contribution is -0.141.